The normalized spacial score (nSPS) is 12.2. The Kier molecular flexibility index (Phi) is 5.40. The van der Waals surface area contributed by atoms with E-state index in [-0.39, 0.29) is 12.2 Å². The molecule has 0 bridgehead atoms. The Bertz CT molecular complexity index is 619. The van der Waals surface area contributed by atoms with Gasteiger partial charge in [-0.2, -0.15) is 0 Å². The molecule has 0 amide bonds. The van der Waals surface area contributed by atoms with Gasteiger partial charge >= 0.3 is 0 Å². The van der Waals surface area contributed by atoms with Crippen LogP contribution in [0.4, 0.5) is 4.39 Å². The van der Waals surface area contributed by atoms with Crippen molar-refractivity contribution in [1.82, 2.24) is 0 Å². The summed E-state index contributed by atoms with van der Waals surface area (Å²) in [6, 6.07) is 10.6. The summed E-state index contributed by atoms with van der Waals surface area (Å²) < 4.78 is 20.9. The SMILES string of the molecule is COc1cccc(CC(O)c2cc(I)ccc2Br)c1F. The van der Waals surface area contributed by atoms with Gasteiger partial charge in [-0.05, 0) is 58.0 Å². The van der Waals surface area contributed by atoms with Crippen LogP contribution >= 0.6 is 38.5 Å². The molecule has 0 heterocycles. The number of ether oxygens (including phenoxy) is 1. The van der Waals surface area contributed by atoms with Crippen LogP contribution in [0.1, 0.15) is 17.2 Å². The Labute approximate surface area is 139 Å². The molecule has 0 fully saturated rings. The van der Waals surface area contributed by atoms with Crippen molar-refractivity contribution < 1.29 is 14.2 Å². The van der Waals surface area contributed by atoms with E-state index in [0.29, 0.717) is 5.56 Å². The van der Waals surface area contributed by atoms with Crippen molar-refractivity contribution in [2.45, 2.75) is 12.5 Å². The molecule has 0 saturated heterocycles. The van der Waals surface area contributed by atoms with Gasteiger partial charge in [0, 0.05) is 14.5 Å². The molecule has 0 radical (unpaired) electrons. The van der Waals surface area contributed by atoms with Crippen LogP contribution in [0.2, 0.25) is 0 Å². The fraction of sp³-hybridized carbons (Fsp3) is 0.200. The Balaban J connectivity index is 2.28. The van der Waals surface area contributed by atoms with Gasteiger partial charge in [0.15, 0.2) is 11.6 Å². The maximum absolute atomic E-state index is 14.1. The number of aliphatic hydroxyl groups excluding tert-OH is 1. The highest BCUT2D eigenvalue weighted by molar-refractivity contribution is 14.1. The van der Waals surface area contributed by atoms with Crippen LogP contribution < -0.4 is 4.74 Å². The Morgan fingerprint density at radius 3 is 2.80 bits per heavy atom. The lowest BCUT2D eigenvalue weighted by atomic mass is 10.0. The minimum absolute atomic E-state index is 0.191. The van der Waals surface area contributed by atoms with Crippen LogP contribution in [0.5, 0.6) is 5.75 Å². The first kappa shape index (κ1) is 15.7. The molecule has 106 valence electrons. The van der Waals surface area contributed by atoms with E-state index >= 15 is 0 Å². The summed E-state index contributed by atoms with van der Waals surface area (Å²) in [4.78, 5) is 0. The second kappa shape index (κ2) is 6.87. The zero-order chi connectivity index (χ0) is 14.7. The van der Waals surface area contributed by atoms with Gasteiger partial charge < -0.3 is 9.84 Å². The number of hydrogen-bond donors (Lipinski definition) is 1. The standard InChI is InChI=1S/C15H13BrFIO2/c1-20-14-4-2-3-9(15(14)17)7-13(19)11-8-10(18)5-6-12(11)16/h2-6,8,13,19H,7H2,1H3. The van der Waals surface area contributed by atoms with E-state index in [1.54, 1.807) is 18.2 Å². The maximum Gasteiger partial charge on any atom is 0.168 e. The third kappa shape index (κ3) is 3.51. The molecule has 1 N–H and O–H groups in total. The van der Waals surface area contributed by atoms with Gasteiger partial charge in [-0.15, -0.1) is 0 Å². The van der Waals surface area contributed by atoms with Crippen molar-refractivity contribution in [3.05, 3.63) is 61.4 Å². The molecular formula is C15H13BrFIO2. The van der Waals surface area contributed by atoms with Crippen LogP contribution in [-0.2, 0) is 6.42 Å². The Hall–Kier alpha value is -0.660. The van der Waals surface area contributed by atoms with Crippen LogP contribution in [0.25, 0.3) is 0 Å². The minimum atomic E-state index is -0.777. The van der Waals surface area contributed by atoms with Gasteiger partial charge in [-0.1, -0.05) is 28.1 Å². The molecule has 2 aromatic carbocycles. The average Bonchev–Trinajstić information content (AvgIpc) is 2.43. The van der Waals surface area contributed by atoms with Crippen LogP contribution in [0, 0.1) is 9.39 Å². The van der Waals surface area contributed by atoms with E-state index < -0.39 is 11.9 Å². The molecular weight excluding hydrogens is 438 g/mol. The summed E-state index contributed by atoms with van der Waals surface area (Å²) >= 11 is 5.59. The van der Waals surface area contributed by atoms with E-state index in [1.165, 1.54) is 7.11 Å². The molecule has 2 rings (SSSR count). The molecule has 2 aromatic rings. The Morgan fingerprint density at radius 1 is 1.35 bits per heavy atom. The molecule has 2 nitrogen and oxygen atoms in total. The van der Waals surface area contributed by atoms with Crippen molar-refractivity contribution in [3.63, 3.8) is 0 Å². The zero-order valence-corrected chi connectivity index (χ0v) is 14.5. The lowest BCUT2D eigenvalue weighted by Gasteiger charge is -2.15. The van der Waals surface area contributed by atoms with E-state index in [1.807, 2.05) is 18.2 Å². The highest BCUT2D eigenvalue weighted by Crippen LogP contribution is 2.30. The van der Waals surface area contributed by atoms with Crippen molar-refractivity contribution in [2.75, 3.05) is 7.11 Å². The van der Waals surface area contributed by atoms with Crippen molar-refractivity contribution in [1.29, 1.82) is 0 Å². The molecule has 0 aliphatic carbocycles. The number of benzene rings is 2. The Morgan fingerprint density at radius 2 is 2.10 bits per heavy atom. The fourth-order valence-corrected chi connectivity index (χ4v) is 2.99. The van der Waals surface area contributed by atoms with Gasteiger partial charge in [-0.25, -0.2) is 4.39 Å². The number of methoxy groups -OCH3 is 1. The largest absolute Gasteiger partial charge is 0.494 e. The smallest absolute Gasteiger partial charge is 0.168 e. The molecule has 1 atom stereocenters. The number of rotatable bonds is 4. The highest BCUT2D eigenvalue weighted by atomic mass is 127. The van der Waals surface area contributed by atoms with Gasteiger partial charge in [0.2, 0.25) is 0 Å². The van der Waals surface area contributed by atoms with Crippen molar-refractivity contribution in [3.8, 4) is 5.75 Å². The lowest BCUT2D eigenvalue weighted by molar-refractivity contribution is 0.176. The molecule has 0 aliphatic rings. The van der Waals surface area contributed by atoms with Crippen LogP contribution in [0.3, 0.4) is 0 Å². The van der Waals surface area contributed by atoms with Gasteiger partial charge in [0.1, 0.15) is 0 Å². The molecule has 1 unspecified atom stereocenters. The molecule has 20 heavy (non-hydrogen) atoms. The van der Waals surface area contributed by atoms with Gasteiger partial charge in [0.25, 0.3) is 0 Å². The third-order valence-electron chi connectivity index (χ3n) is 2.99. The number of halogens is 3. The monoisotopic (exact) mass is 450 g/mol. The predicted octanol–water partition coefficient (Wildman–Crippen LogP) is 4.48. The average molecular weight is 451 g/mol. The van der Waals surface area contributed by atoms with E-state index in [4.69, 9.17) is 4.74 Å². The summed E-state index contributed by atoms with van der Waals surface area (Å²) in [5.74, 6) is -0.229. The lowest BCUT2D eigenvalue weighted by Crippen LogP contribution is -2.05. The topological polar surface area (TPSA) is 29.5 Å². The third-order valence-corrected chi connectivity index (χ3v) is 4.39. The first-order chi connectivity index (χ1) is 9.52. The van der Waals surface area contributed by atoms with Crippen LogP contribution in [-0.4, -0.2) is 12.2 Å². The molecule has 5 heteroatoms. The summed E-state index contributed by atoms with van der Waals surface area (Å²) in [5, 5.41) is 10.3. The van der Waals surface area contributed by atoms with Crippen LogP contribution in [0.15, 0.2) is 40.9 Å². The maximum atomic E-state index is 14.1. The molecule has 0 spiro atoms. The number of aliphatic hydroxyl groups is 1. The first-order valence-electron chi connectivity index (χ1n) is 5.97. The second-order valence-corrected chi connectivity index (χ2v) is 6.42. The summed E-state index contributed by atoms with van der Waals surface area (Å²) in [6.45, 7) is 0. The number of hydrogen-bond acceptors (Lipinski definition) is 2. The highest BCUT2D eigenvalue weighted by Gasteiger charge is 2.16. The summed E-state index contributed by atoms with van der Waals surface area (Å²) in [5.41, 5.74) is 1.18. The molecule has 0 saturated carbocycles. The van der Waals surface area contributed by atoms with E-state index in [2.05, 4.69) is 38.5 Å². The minimum Gasteiger partial charge on any atom is -0.494 e. The van der Waals surface area contributed by atoms with E-state index in [9.17, 15) is 9.50 Å². The van der Waals surface area contributed by atoms with Gasteiger partial charge in [0.05, 0.1) is 13.2 Å². The van der Waals surface area contributed by atoms with Gasteiger partial charge in [-0.3, -0.25) is 0 Å². The first-order valence-corrected chi connectivity index (χ1v) is 7.84. The second-order valence-electron chi connectivity index (χ2n) is 4.32. The molecule has 0 aliphatic heterocycles. The van der Waals surface area contributed by atoms with E-state index in [0.717, 1.165) is 13.6 Å². The zero-order valence-electron chi connectivity index (χ0n) is 10.7. The summed E-state index contributed by atoms with van der Waals surface area (Å²) in [7, 11) is 1.43. The van der Waals surface area contributed by atoms with Crippen molar-refractivity contribution in [2.24, 2.45) is 0 Å². The summed E-state index contributed by atoms with van der Waals surface area (Å²) in [6.07, 6.45) is -0.581. The van der Waals surface area contributed by atoms with Crippen molar-refractivity contribution >= 4 is 38.5 Å². The molecule has 0 aromatic heterocycles. The fourth-order valence-electron chi connectivity index (χ4n) is 1.96. The predicted molar refractivity (Wildman–Crippen MR) is 88.5 cm³/mol. The quantitative estimate of drug-likeness (QED) is 0.696.